The molecule has 0 saturated heterocycles. The normalized spacial score (nSPS) is 13.4. The van der Waals surface area contributed by atoms with E-state index < -0.39 is 0 Å². The maximum Gasteiger partial charge on any atom is 0.255 e. The molecule has 1 aliphatic carbocycles. The number of carbonyl (C=O) groups is 1. The van der Waals surface area contributed by atoms with E-state index in [1.165, 1.54) is 28.7 Å². The lowest BCUT2D eigenvalue weighted by Crippen LogP contribution is -2.16. The molecular weight excluding hydrogens is 294 g/mol. The summed E-state index contributed by atoms with van der Waals surface area (Å²) < 4.78 is 0. The van der Waals surface area contributed by atoms with Crippen molar-refractivity contribution in [3.05, 3.63) is 64.2 Å². The summed E-state index contributed by atoms with van der Waals surface area (Å²) in [5.41, 5.74) is 6.91. The van der Waals surface area contributed by atoms with Crippen LogP contribution >= 0.6 is 0 Å². The minimum atomic E-state index is -0.000278. The van der Waals surface area contributed by atoms with Crippen LogP contribution in [0.4, 0.5) is 5.69 Å². The van der Waals surface area contributed by atoms with Crippen molar-refractivity contribution in [1.29, 1.82) is 0 Å². The lowest BCUT2D eigenvalue weighted by molar-refractivity contribution is 0.102. The van der Waals surface area contributed by atoms with E-state index in [2.05, 4.69) is 63.3 Å². The van der Waals surface area contributed by atoms with Crippen LogP contribution in [0.25, 0.3) is 0 Å². The lowest BCUT2D eigenvalue weighted by atomic mass is 9.92. The molecule has 2 aromatic carbocycles. The molecule has 2 heteroatoms. The van der Waals surface area contributed by atoms with E-state index in [9.17, 15) is 4.79 Å². The van der Waals surface area contributed by atoms with Gasteiger partial charge in [0, 0.05) is 11.3 Å². The molecule has 0 saturated carbocycles. The second kappa shape index (κ2) is 6.80. The van der Waals surface area contributed by atoms with Gasteiger partial charge in [0.05, 0.1) is 0 Å². The van der Waals surface area contributed by atoms with Gasteiger partial charge in [0.1, 0.15) is 0 Å². The van der Waals surface area contributed by atoms with Crippen LogP contribution in [0.2, 0.25) is 0 Å². The molecule has 0 aromatic heterocycles. The summed E-state index contributed by atoms with van der Waals surface area (Å²) >= 11 is 0. The van der Waals surface area contributed by atoms with Gasteiger partial charge in [0.25, 0.3) is 5.91 Å². The van der Waals surface area contributed by atoms with E-state index in [0.29, 0.717) is 11.8 Å². The number of hydrogen-bond acceptors (Lipinski definition) is 1. The fraction of sp³-hybridized carbons (Fsp3) is 0.409. The van der Waals surface area contributed by atoms with E-state index in [-0.39, 0.29) is 5.91 Å². The number of anilines is 1. The smallest absolute Gasteiger partial charge is 0.255 e. The molecule has 1 N–H and O–H groups in total. The molecule has 0 bridgehead atoms. The Morgan fingerprint density at radius 2 is 1.54 bits per heavy atom. The van der Waals surface area contributed by atoms with Gasteiger partial charge < -0.3 is 5.32 Å². The molecule has 0 fully saturated rings. The van der Waals surface area contributed by atoms with E-state index in [0.717, 1.165) is 24.1 Å². The van der Waals surface area contributed by atoms with Gasteiger partial charge in [-0.1, -0.05) is 52.0 Å². The number of benzene rings is 2. The zero-order valence-corrected chi connectivity index (χ0v) is 15.1. The third kappa shape index (κ3) is 3.24. The summed E-state index contributed by atoms with van der Waals surface area (Å²) in [6, 6.07) is 12.5. The number of fused-ring (bicyclic) bond motifs is 1. The van der Waals surface area contributed by atoms with Crippen LogP contribution in [0, 0.1) is 0 Å². The van der Waals surface area contributed by atoms with Crippen molar-refractivity contribution in [2.45, 2.75) is 58.8 Å². The Hall–Kier alpha value is -2.09. The maximum atomic E-state index is 12.9. The van der Waals surface area contributed by atoms with Gasteiger partial charge >= 0.3 is 0 Å². The van der Waals surface area contributed by atoms with Crippen molar-refractivity contribution in [2.24, 2.45) is 0 Å². The zero-order valence-electron chi connectivity index (χ0n) is 15.1. The Morgan fingerprint density at radius 1 is 0.917 bits per heavy atom. The fourth-order valence-corrected chi connectivity index (χ4v) is 3.59. The van der Waals surface area contributed by atoms with Crippen molar-refractivity contribution in [3.63, 3.8) is 0 Å². The van der Waals surface area contributed by atoms with Crippen molar-refractivity contribution < 1.29 is 4.79 Å². The molecule has 1 aliphatic rings. The molecule has 0 aliphatic heterocycles. The van der Waals surface area contributed by atoms with Crippen LogP contribution in [0.15, 0.2) is 36.4 Å². The number of hydrogen-bond donors (Lipinski definition) is 1. The maximum absolute atomic E-state index is 12.9. The van der Waals surface area contributed by atoms with Gasteiger partial charge in [0.2, 0.25) is 0 Å². The average Bonchev–Trinajstić information content (AvgIpc) is 3.02. The Labute approximate surface area is 145 Å². The van der Waals surface area contributed by atoms with Crippen molar-refractivity contribution in [2.75, 3.05) is 5.32 Å². The summed E-state index contributed by atoms with van der Waals surface area (Å²) in [6.07, 6.45) is 3.44. The summed E-state index contributed by atoms with van der Waals surface area (Å²) in [6.45, 7) is 8.68. The lowest BCUT2D eigenvalue weighted by Gasteiger charge is -2.20. The third-order valence-corrected chi connectivity index (χ3v) is 4.97. The molecule has 24 heavy (non-hydrogen) atoms. The molecule has 126 valence electrons. The van der Waals surface area contributed by atoms with Crippen LogP contribution in [0.3, 0.4) is 0 Å². The van der Waals surface area contributed by atoms with Crippen LogP contribution in [-0.2, 0) is 12.8 Å². The number of rotatable bonds is 4. The van der Waals surface area contributed by atoms with Gasteiger partial charge in [-0.05, 0) is 65.5 Å². The Bertz CT molecular complexity index is 732. The first kappa shape index (κ1) is 16.8. The predicted molar refractivity (Wildman–Crippen MR) is 101 cm³/mol. The van der Waals surface area contributed by atoms with Gasteiger partial charge in [-0.15, -0.1) is 0 Å². The molecule has 0 atom stereocenters. The minimum Gasteiger partial charge on any atom is -0.321 e. The SMILES string of the molecule is CC(C)c1cccc(C(C)C)c1NC(=O)c1ccc2c(c1)CCC2. The number of nitrogens with one attached hydrogen (secondary N) is 1. The number of aryl methyl sites for hydroxylation is 2. The fourth-order valence-electron chi connectivity index (χ4n) is 3.59. The van der Waals surface area contributed by atoms with Gasteiger partial charge in [-0.3, -0.25) is 4.79 Å². The van der Waals surface area contributed by atoms with Gasteiger partial charge in [-0.2, -0.15) is 0 Å². The highest BCUT2D eigenvalue weighted by Gasteiger charge is 2.18. The predicted octanol–water partition coefficient (Wildman–Crippen LogP) is 5.67. The van der Waals surface area contributed by atoms with Gasteiger partial charge in [-0.25, -0.2) is 0 Å². The van der Waals surface area contributed by atoms with E-state index in [1.54, 1.807) is 0 Å². The first-order valence-electron chi connectivity index (χ1n) is 9.03. The zero-order chi connectivity index (χ0) is 17.3. The highest BCUT2D eigenvalue weighted by Crippen LogP contribution is 2.33. The van der Waals surface area contributed by atoms with Gasteiger partial charge in [0.15, 0.2) is 0 Å². The first-order valence-corrected chi connectivity index (χ1v) is 9.03. The Balaban J connectivity index is 1.94. The number of amides is 1. The largest absolute Gasteiger partial charge is 0.321 e. The molecular formula is C22H27NO. The standard InChI is InChI=1S/C22H27NO/c1-14(2)19-9-6-10-20(15(3)4)21(19)23-22(24)18-12-11-16-7-5-8-17(16)13-18/h6,9-15H,5,7-8H2,1-4H3,(H,23,24). The van der Waals surface area contributed by atoms with Crippen molar-refractivity contribution in [1.82, 2.24) is 0 Å². The molecule has 0 spiro atoms. The van der Waals surface area contributed by atoms with E-state index in [1.807, 2.05) is 6.07 Å². The first-order chi connectivity index (χ1) is 11.5. The van der Waals surface area contributed by atoms with Crippen molar-refractivity contribution >= 4 is 11.6 Å². The molecule has 3 rings (SSSR count). The molecule has 0 unspecified atom stereocenters. The second-order valence-electron chi connectivity index (χ2n) is 7.41. The Morgan fingerprint density at radius 3 is 2.17 bits per heavy atom. The summed E-state index contributed by atoms with van der Waals surface area (Å²) in [5.74, 6) is 0.748. The number of para-hydroxylation sites is 1. The quantitative estimate of drug-likeness (QED) is 0.772. The molecule has 1 amide bonds. The van der Waals surface area contributed by atoms with Crippen molar-refractivity contribution in [3.8, 4) is 0 Å². The molecule has 0 radical (unpaired) electrons. The van der Waals surface area contributed by atoms with Crippen LogP contribution < -0.4 is 5.32 Å². The molecule has 2 aromatic rings. The second-order valence-corrected chi connectivity index (χ2v) is 7.41. The Kier molecular flexibility index (Phi) is 4.75. The summed E-state index contributed by atoms with van der Waals surface area (Å²) in [4.78, 5) is 12.9. The van der Waals surface area contributed by atoms with Crippen LogP contribution in [0.5, 0.6) is 0 Å². The average molecular weight is 321 g/mol. The van der Waals surface area contributed by atoms with E-state index >= 15 is 0 Å². The minimum absolute atomic E-state index is 0.000278. The third-order valence-electron chi connectivity index (χ3n) is 4.97. The van der Waals surface area contributed by atoms with E-state index in [4.69, 9.17) is 0 Å². The monoisotopic (exact) mass is 321 g/mol. The molecule has 2 nitrogen and oxygen atoms in total. The summed E-state index contributed by atoms with van der Waals surface area (Å²) in [7, 11) is 0. The number of carbonyl (C=O) groups excluding carboxylic acids is 1. The summed E-state index contributed by atoms with van der Waals surface area (Å²) in [5, 5.41) is 3.21. The topological polar surface area (TPSA) is 29.1 Å². The molecule has 0 heterocycles. The van der Waals surface area contributed by atoms with Crippen LogP contribution in [0.1, 0.15) is 78.6 Å². The van der Waals surface area contributed by atoms with Crippen LogP contribution in [-0.4, -0.2) is 5.91 Å². The highest BCUT2D eigenvalue weighted by atomic mass is 16.1. The highest BCUT2D eigenvalue weighted by molar-refractivity contribution is 6.05.